The zero-order chi connectivity index (χ0) is 24.9. The van der Waals surface area contributed by atoms with Gasteiger partial charge in [0.1, 0.15) is 0 Å². The summed E-state index contributed by atoms with van der Waals surface area (Å²) >= 11 is 0. The Bertz CT molecular complexity index is 962. The molecule has 2 N–H and O–H groups in total. The molecule has 7 atom stereocenters. The van der Waals surface area contributed by atoms with Crippen LogP contribution in [0.4, 0.5) is 0 Å². The van der Waals surface area contributed by atoms with Gasteiger partial charge in [0.15, 0.2) is 0 Å². The first-order valence-electron chi connectivity index (χ1n) is 13.8. The largest absolute Gasteiger partial charge is 0.481 e. The monoisotopic (exact) mass is 469 g/mol. The van der Waals surface area contributed by atoms with Crippen LogP contribution in [0.15, 0.2) is 16.8 Å². The highest BCUT2D eigenvalue weighted by atomic mass is 16.4. The standard InChI is InChI=1S/C30H47NO3/c1-25(2)12-14-30(24(32)33)15-13-28(6)20(21(30)18-25)8-9-23-27(5)17-19(31-34)16-26(3,4)22(27)10-11-29(23,28)7/h8,21-23,34H,9-18H2,1-7H3,(H,32,33)/b31-19+/t21-,22-,23+,27-,28+,29+,30-/m0/s1. The van der Waals surface area contributed by atoms with Crippen molar-refractivity contribution in [2.24, 2.45) is 55.4 Å². The van der Waals surface area contributed by atoms with E-state index in [1.165, 1.54) is 18.4 Å². The molecular formula is C30H47NO3. The maximum Gasteiger partial charge on any atom is 0.310 e. The van der Waals surface area contributed by atoms with Crippen LogP contribution in [0.25, 0.3) is 0 Å². The van der Waals surface area contributed by atoms with E-state index in [2.05, 4.69) is 59.7 Å². The Balaban J connectivity index is 1.62. The van der Waals surface area contributed by atoms with Gasteiger partial charge in [-0.15, -0.1) is 0 Å². The van der Waals surface area contributed by atoms with Crippen molar-refractivity contribution in [2.45, 2.75) is 113 Å². The van der Waals surface area contributed by atoms with Crippen molar-refractivity contribution in [1.29, 1.82) is 0 Å². The predicted octanol–water partition coefficient (Wildman–Crippen LogP) is 7.70. The average molecular weight is 470 g/mol. The maximum absolute atomic E-state index is 12.8. The summed E-state index contributed by atoms with van der Waals surface area (Å²) in [5.74, 6) is 0.750. The molecule has 4 saturated carbocycles. The molecule has 0 unspecified atom stereocenters. The normalized spacial score (nSPS) is 50.3. The van der Waals surface area contributed by atoms with Crippen molar-refractivity contribution in [3.05, 3.63) is 11.6 Å². The molecule has 0 aromatic heterocycles. The molecule has 4 nitrogen and oxygen atoms in total. The molecule has 4 fully saturated rings. The summed E-state index contributed by atoms with van der Waals surface area (Å²) in [7, 11) is 0. The van der Waals surface area contributed by atoms with Gasteiger partial charge in [-0.3, -0.25) is 4.79 Å². The summed E-state index contributed by atoms with van der Waals surface area (Å²) in [5, 5.41) is 24.1. The van der Waals surface area contributed by atoms with Gasteiger partial charge in [-0.05, 0) is 109 Å². The molecule has 0 heterocycles. The van der Waals surface area contributed by atoms with Gasteiger partial charge in [0, 0.05) is 0 Å². The van der Waals surface area contributed by atoms with Crippen molar-refractivity contribution in [3.8, 4) is 0 Å². The number of rotatable bonds is 1. The van der Waals surface area contributed by atoms with Crippen LogP contribution < -0.4 is 0 Å². The number of aliphatic carboxylic acids is 1. The molecule has 0 radical (unpaired) electrons. The van der Waals surface area contributed by atoms with Crippen molar-refractivity contribution in [2.75, 3.05) is 0 Å². The summed E-state index contributed by atoms with van der Waals surface area (Å²) in [6.45, 7) is 17.0. The number of oxime groups is 1. The Morgan fingerprint density at radius 1 is 0.941 bits per heavy atom. The number of carbonyl (C=O) groups is 1. The van der Waals surface area contributed by atoms with Gasteiger partial charge >= 0.3 is 5.97 Å². The zero-order valence-electron chi connectivity index (χ0n) is 22.6. The lowest BCUT2D eigenvalue weighted by Crippen LogP contribution is -2.64. The van der Waals surface area contributed by atoms with E-state index >= 15 is 0 Å². The lowest BCUT2D eigenvalue weighted by molar-refractivity contribution is -0.180. The minimum absolute atomic E-state index is 0.0407. The first-order chi connectivity index (χ1) is 15.7. The molecule has 0 amide bonds. The van der Waals surface area contributed by atoms with E-state index in [1.54, 1.807) is 0 Å². The number of carboxylic acid groups (broad SMARTS) is 1. The van der Waals surface area contributed by atoms with Gasteiger partial charge in [0.2, 0.25) is 0 Å². The second-order valence-corrected chi connectivity index (χ2v) is 15.2. The number of hydrogen-bond acceptors (Lipinski definition) is 3. The molecule has 0 spiro atoms. The third-order valence-corrected chi connectivity index (χ3v) is 12.7. The second kappa shape index (κ2) is 7.13. The summed E-state index contributed by atoms with van der Waals surface area (Å²) in [4.78, 5) is 12.8. The topological polar surface area (TPSA) is 69.9 Å². The van der Waals surface area contributed by atoms with Crippen LogP contribution in [0.1, 0.15) is 113 Å². The molecule has 0 aromatic rings. The molecule has 5 rings (SSSR count). The fraction of sp³-hybridized carbons (Fsp3) is 0.867. The van der Waals surface area contributed by atoms with Crippen LogP contribution in [0.2, 0.25) is 0 Å². The number of allylic oxidation sites excluding steroid dienone is 2. The lowest BCUT2D eigenvalue weighted by atomic mass is 9.33. The van der Waals surface area contributed by atoms with Crippen molar-refractivity contribution >= 4 is 11.7 Å². The van der Waals surface area contributed by atoms with E-state index in [1.807, 2.05) is 0 Å². The summed E-state index contributed by atoms with van der Waals surface area (Å²) in [6.07, 6.45) is 12.4. The SMILES string of the molecule is CC1(C)CC[C@]2(C(=O)O)CC[C@]3(C)C(=CC[C@@H]4[C@@]5(C)C/C(=N/O)CC(C)(C)[C@@H]5CC[C@]43C)[C@@H]2C1. The number of nitrogens with zero attached hydrogens (tertiary/aromatic N) is 1. The molecule has 0 saturated heterocycles. The molecule has 190 valence electrons. The fourth-order valence-electron chi connectivity index (χ4n) is 10.7. The Morgan fingerprint density at radius 2 is 1.62 bits per heavy atom. The number of hydrogen-bond donors (Lipinski definition) is 2. The summed E-state index contributed by atoms with van der Waals surface area (Å²) in [5.41, 5.74) is 2.50. The third-order valence-electron chi connectivity index (χ3n) is 12.7. The Morgan fingerprint density at radius 3 is 2.26 bits per heavy atom. The Kier molecular flexibility index (Phi) is 5.11. The molecule has 0 aromatic carbocycles. The average Bonchev–Trinajstić information content (AvgIpc) is 2.72. The molecule has 5 aliphatic carbocycles. The summed E-state index contributed by atoms with van der Waals surface area (Å²) in [6, 6.07) is 0. The maximum atomic E-state index is 12.8. The van der Waals surface area contributed by atoms with E-state index in [0.717, 1.165) is 57.1 Å². The Labute approximate surface area is 206 Å². The fourth-order valence-corrected chi connectivity index (χ4v) is 10.7. The van der Waals surface area contributed by atoms with Gasteiger partial charge in [0.25, 0.3) is 0 Å². The smallest absolute Gasteiger partial charge is 0.310 e. The number of carboxylic acids is 1. The molecular weight excluding hydrogens is 422 g/mol. The van der Waals surface area contributed by atoms with Gasteiger partial charge < -0.3 is 10.3 Å². The predicted molar refractivity (Wildman–Crippen MR) is 136 cm³/mol. The van der Waals surface area contributed by atoms with Crippen molar-refractivity contribution in [1.82, 2.24) is 0 Å². The molecule has 34 heavy (non-hydrogen) atoms. The first-order valence-corrected chi connectivity index (χ1v) is 13.8. The van der Waals surface area contributed by atoms with E-state index in [-0.39, 0.29) is 33.0 Å². The Hall–Kier alpha value is -1.32. The second-order valence-electron chi connectivity index (χ2n) is 15.2. The van der Waals surface area contributed by atoms with E-state index in [0.29, 0.717) is 11.8 Å². The molecule has 0 bridgehead atoms. The van der Waals surface area contributed by atoms with Gasteiger partial charge in [-0.2, -0.15) is 0 Å². The van der Waals surface area contributed by atoms with Crippen LogP contribution in [-0.2, 0) is 4.79 Å². The van der Waals surface area contributed by atoms with E-state index < -0.39 is 11.4 Å². The molecule has 0 aliphatic heterocycles. The van der Waals surface area contributed by atoms with Crippen LogP contribution in [0, 0.1) is 50.2 Å². The van der Waals surface area contributed by atoms with E-state index in [4.69, 9.17) is 0 Å². The number of fused-ring (bicyclic) bond motifs is 7. The quantitative estimate of drug-likeness (QED) is 0.235. The minimum Gasteiger partial charge on any atom is -0.481 e. The van der Waals surface area contributed by atoms with Crippen LogP contribution in [0.3, 0.4) is 0 Å². The van der Waals surface area contributed by atoms with E-state index in [9.17, 15) is 15.1 Å². The summed E-state index contributed by atoms with van der Waals surface area (Å²) < 4.78 is 0. The molecule has 4 heteroatoms. The van der Waals surface area contributed by atoms with Crippen molar-refractivity contribution in [3.63, 3.8) is 0 Å². The van der Waals surface area contributed by atoms with Gasteiger partial charge in [0.05, 0.1) is 11.1 Å². The van der Waals surface area contributed by atoms with Crippen molar-refractivity contribution < 1.29 is 15.1 Å². The van der Waals surface area contributed by atoms with Crippen LogP contribution in [0.5, 0.6) is 0 Å². The zero-order valence-corrected chi connectivity index (χ0v) is 22.6. The third kappa shape index (κ3) is 2.95. The van der Waals surface area contributed by atoms with Crippen LogP contribution >= 0.6 is 0 Å². The van der Waals surface area contributed by atoms with Gasteiger partial charge in [-0.1, -0.05) is 65.3 Å². The van der Waals surface area contributed by atoms with Crippen LogP contribution in [-0.4, -0.2) is 22.0 Å². The highest BCUT2D eigenvalue weighted by molar-refractivity contribution is 5.86. The van der Waals surface area contributed by atoms with Gasteiger partial charge in [-0.25, -0.2) is 0 Å². The molecule has 5 aliphatic rings. The first kappa shape index (κ1) is 24.4. The highest BCUT2D eigenvalue weighted by Crippen LogP contribution is 2.75. The minimum atomic E-state index is -0.575. The lowest BCUT2D eigenvalue weighted by Gasteiger charge is -2.70. The highest BCUT2D eigenvalue weighted by Gasteiger charge is 2.69.